The van der Waals surface area contributed by atoms with E-state index >= 15 is 0 Å². The molecule has 1 aliphatic rings. The average molecular weight is 359 g/mol. The first-order valence-corrected chi connectivity index (χ1v) is 9.63. The van der Waals surface area contributed by atoms with E-state index in [-0.39, 0.29) is 5.91 Å². The third kappa shape index (κ3) is 5.28. The molecule has 2 aromatic rings. The van der Waals surface area contributed by atoms with Crippen LogP contribution >= 0.6 is 11.3 Å². The number of piperazine rings is 1. The van der Waals surface area contributed by atoms with Crippen molar-refractivity contribution >= 4 is 17.2 Å². The van der Waals surface area contributed by atoms with Gasteiger partial charge in [-0.1, -0.05) is 12.1 Å². The number of carbonyl (C=O) groups excluding carboxylic acids is 1. The minimum absolute atomic E-state index is 0.262. The Hall–Kier alpha value is -1.92. The second kappa shape index (κ2) is 8.97. The summed E-state index contributed by atoms with van der Waals surface area (Å²) in [6.45, 7) is 4.66. The van der Waals surface area contributed by atoms with Crippen LogP contribution in [0.5, 0.6) is 5.75 Å². The number of hydrogen-bond donors (Lipinski definition) is 0. The Morgan fingerprint density at radius 1 is 1.16 bits per heavy atom. The third-order valence-electron chi connectivity index (χ3n) is 4.67. The highest BCUT2D eigenvalue weighted by Gasteiger charge is 2.20. The number of thiazole rings is 1. The van der Waals surface area contributed by atoms with Crippen LogP contribution in [-0.4, -0.2) is 60.5 Å². The summed E-state index contributed by atoms with van der Waals surface area (Å²) in [5.74, 6) is 1.11. The Bertz CT molecular complexity index is 650. The number of aromatic nitrogens is 1. The molecule has 1 aliphatic heterocycles. The molecule has 5 nitrogen and oxygen atoms in total. The summed E-state index contributed by atoms with van der Waals surface area (Å²) < 4.78 is 5.16. The van der Waals surface area contributed by atoms with Gasteiger partial charge < -0.3 is 9.64 Å². The minimum atomic E-state index is 0.262. The van der Waals surface area contributed by atoms with Crippen molar-refractivity contribution in [2.45, 2.75) is 19.3 Å². The van der Waals surface area contributed by atoms with Gasteiger partial charge in [0.1, 0.15) is 5.75 Å². The van der Waals surface area contributed by atoms with E-state index < -0.39 is 0 Å². The zero-order valence-electron chi connectivity index (χ0n) is 14.7. The number of carbonyl (C=O) groups is 1. The molecule has 0 aliphatic carbocycles. The lowest BCUT2D eigenvalue weighted by Crippen LogP contribution is -2.49. The number of hydrogen-bond acceptors (Lipinski definition) is 5. The normalized spacial score (nSPS) is 15.3. The van der Waals surface area contributed by atoms with Gasteiger partial charge in [0, 0.05) is 50.2 Å². The summed E-state index contributed by atoms with van der Waals surface area (Å²) in [7, 11) is 1.66. The van der Waals surface area contributed by atoms with Gasteiger partial charge in [0.15, 0.2) is 0 Å². The molecule has 1 aromatic heterocycles. The van der Waals surface area contributed by atoms with Crippen LogP contribution in [0.2, 0.25) is 0 Å². The zero-order chi connectivity index (χ0) is 17.5. The SMILES string of the molecule is COc1ccc(CCC(=O)N2CCN(CCc3cncs3)CC2)cc1. The molecule has 1 fully saturated rings. The predicted molar refractivity (Wildman–Crippen MR) is 100 cm³/mol. The molecule has 0 radical (unpaired) electrons. The summed E-state index contributed by atoms with van der Waals surface area (Å²) >= 11 is 1.71. The van der Waals surface area contributed by atoms with E-state index in [2.05, 4.69) is 9.88 Å². The predicted octanol–water partition coefficient (Wildman–Crippen LogP) is 2.47. The van der Waals surface area contributed by atoms with E-state index in [9.17, 15) is 4.79 Å². The molecule has 1 amide bonds. The topological polar surface area (TPSA) is 45.7 Å². The monoisotopic (exact) mass is 359 g/mol. The van der Waals surface area contributed by atoms with Crippen molar-refractivity contribution in [3.8, 4) is 5.75 Å². The quantitative estimate of drug-likeness (QED) is 0.762. The second-order valence-electron chi connectivity index (χ2n) is 6.29. The first-order chi connectivity index (χ1) is 12.2. The molecule has 0 N–H and O–H groups in total. The van der Waals surface area contributed by atoms with Crippen molar-refractivity contribution in [3.63, 3.8) is 0 Å². The molecule has 0 atom stereocenters. The molecule has 1 saturated heterocycles. The van der Waals surface area contributed by atoms with Gasteiger partial charge in [0.25, 0.3) is 0 Å². The van der Waals surface area contributed by atoms with Crippen molar-refractivity contribution in [2.24, 2.45) is 0 Å². The summed E-state index contributed by atoms with van der Waals surface area (Å²) in [6, 6.07) is 7.95. The molecule has 6 heteroatoms. The highest BCUT2D eigenvalue weighted by molar-refractivity contribution is 7.09. The number of benzene rings is 1. The highest BCUT2D eigenvalue weighted by atomic mass is 32.1. The van der Waals surface area contributed by atoms with Gasteiger partial charge in [-0.25, -0.2) is 0 Å². The van der Waals surface area contributed by atoms with Gasteiger partial charge in [0.05, 0.1) is 12.6 Å². The van der Waals surface area contributed by atoms with Gasteiger partial charge in [-0.15, -0.1) is 11.3 Å². The highest BCUT2D eigenvalue weighted by Crippen LogP contribution is 2.14. The summed E-state index contributed by atoms with van der Waals surface area (Å²) in [6.07, 6.45) is 4.36. The third-order valence-corrected chi connectivity index (χ3v) is 5.51. The lowest BCUT2D eigenvalue weighted by molar-refractivity contribution is -0.132. The lowest BCUT2D eigenvalue weighted by atomic mass is 10.1. The maximum Gasteiger partial charge on any atom is 0.222 e. The molecule has 1 aromatic carbocycles. The van der Waals surface area contributed by atoms with Crippen molar-refractivity contribution in [2.75, 3.05) is 39.8 Å². The molecule has 25 heavy (non-hydrogen) atoms. The molecule has 3 rings (SSSR count). The van der Waals surface area contributed by atoms with E-state index in [4.69, 9.17) is 4.74 Å². The van der Waals surface area contributed by atoms with E-state index in [0.717, 1.165) is 51.3 Å². The van der Waals surface area contributed by atoms with Crippen molar-refractivity contribution < 1.29 is 9.53 Å². The first kappa shape index (κ1) is 17.9. The standard InChI is InChI=1S/C19H25N3O2S/c1-24-17-5-2-16(3-6-17)4-7-19(23)22-12-10-21(11-13-22)9-8-18-14-20-15-25-18/h2-3,5-6,14-15H,4,7-13H2,1H3. The largest absolute Gasteiger partial charge is 0.497 e. The molecular formula is C19H25N3O2S. The molecule has 0 saturated carbocycles. The molecule has 0 unspecified atom stereocenters. The smallest absolute Gasteiger partial charge is 0.222 e. The van der Waals surface area contributed by atoms with Crippen LogP contribution in [0.4, 0.5) is 0 Å². The van der Waals surface area contributed by atoms with E-state index in [0.29, 0.717) is 6.42 Å². The number of methoxy groups -OCH3 is 1. The van der Waals surface area contributed by atoms with Gasteiger partial charge in [-0.3, -0.25) is 14.7 Å². The number of aryl methyl sites for hydroxylation is 1. The summed E-state index contributed by atoms with van der Waals surface area (Å²) in [5.41, 5.74) is 3.06. The Labute approximate surface area is 153 Å². The van der Waals surface area contributed by atoms with Crippen molar-refractivity contribution in [1.29, 1.82) is 0 Å². The number of nitrogens with zero attached hydrogens (tertiary/aromatic N) is 3. The number of rotatable bonds is 7. The molecule has 134 valence electrons. The second-order valence-corrected chi connectivity index (χ2v) is 7.26. The van der Waals surface area contributed by atoms with Crippen LogP contribution < -0.4 is 4.74 Å². The number of ether oxygens (including phenoxy) is 1. The van der Waals surface area contributed by atoms with Gasteiger partial charge in [-0.05, 0) is 30.5 Å². The van der Waals surface area contributed by atoms with Gasteiger partial charge >= 0.3 is 0 Å². The lowest BCUT2D eigenvalue weighted by Gasteiger charge is -2.34. The van der Waals surface area contributed by atoms with Crippen LogP contribution in [-0.2, 0) is 17.6 Å². The summed E-state index contributed by atoms with van der Waals surface area (Å²) in [4.78, 5) is 22.3. The van der Waals surface area contributed by atoms with Crippen molar-refractivity contribution in [1.82, 2.24) is 14.8 Å². The Morgan fingerprint density at radius 3 is 2.56 bits per heavy atom. The van der Waals surface area contributed by atoms with Gasteiger partial charge in [-0.2, -0.15) is 0 Å². The van der Waals surface area contributed by atoms with E-state index in [1.54, 1.807) is 18.4 Å². The van der Waals surface area contributed by atoms with Gasteiger partial charge in [0.2, 0.25) is 5.91 Å². The molecule has 2 heterocycles. The first-order valence-electron chi connectivity index (χ1n) is 8.75. The zero-order valence-corrected chi connectivity index (χ0v) is 15.5. The fourth-order valence-electron chi connectivity index (χ4n) is 3.06. The van der Waals surface area contributed by atoms with Crippen LogP contribution in [0.3, 0.4) is 0 Å². The fourth-order valence-corrected chi connectivity index (χ4v) is 3.64. The maximum atomic E-state index is 12.4. The molecule has 0 spiro atoms. The fraction of sp³-hybridized carbons (Fsp3) is 0.474. The van der Waals surface area contributed by atoms with Crippen LogP contribution in [0.25, 0.3) is 0 Å². The van der Waals surface area contributed by atoms with Crippen LogP contribution in [0, 0.1) is 0 Å². The number of amides is 1. The maximum absolute atomic E-state index is 12.4. The van der Waals surface area contributed by atoms with E-state index in [1.807, 2.05) is 40.9 Å². The van der Waals surface area contributed by atoms with E-state index in [1.165, 1.54) is 10.4 Å². The summed E-state index contributed by atoms with van der Waals surface area (Å²) in [5, 5.41) is 0. The Kier molecular flexibility index (Phi) is 6.42. The Balaban J connectivity index is 1.37. The molecule has 0 bridgehead atoms. The minimum Gasteiger partial charge on any atom is -0.497 e. The van der Waals surface area contributed by atoms with Crippen LogP contribution in [0.15, 0.2) is 36.0 Å². The average Bonchev–Trinajstić information content (AvgIpc) is 3.19. The van der Waals surface area contributed by atoms with Crippen molar-refractivity contribution in [3.05, 3.63) is 46.4 Å². The molecular weight excluding hydrogens is 334 g/mol. The Morgan fingerprint density at radius 2 is 1.92 bits per heavy atom. The van der Waals surface area contributed by atoms with Crippen LogP contribution in [0.1, 0.15) is 16.9 Å².